The highest BCUT2D eigenvalue weighted by Gasteiger charge is 2.22. The largest absolute Gasteiger partial charge is 0.471 e. The monoisotopic (exact) mass is 344 g/mol. The first-order valence-corrected chi connectivity index (χ1v) is 9.31. The van der Waals surface area contributed by atoms with Crippen molar-refractivity contribution in [1.29, 1.82) is 0 Å². The van der Waals surface area contributed by atoms with E-state index in [0.717, 1.165) is 28.5 Å². The molecule has 0 saturated heterocycles. The molecule has 0 spiro atoms. The average Bonchev–Trinajstić information content (AvgIpc) is 3.00. The van der Waals surface area contributed by atoms with Crippen molar-refractivity contribution in [3.05, 3.63) is 65.9 Å². The minimum Gasteiger partial charge on any atom is -0.471 e. The first-order chi connectivity index (χ1) is 11.3. The molecule has 0 atom stereocenters. The van der Waals surface area contributed by atoms with E-state index in [-0.39, 0.29) is 4.90 Å². The highest BCUT2D eigenvalue weighted by atomic mass is 32.2. The van der Waals surface area contributed by atoms with Gasteiger partial charge >= 0.3 is 0 Å². The van der Waals surface area contributed by atoms with Crippen molar-refractivity contribution in [2.75, 3.05) is 6.26 Å². The molecule has 0 bridgehead atoms. The third-order valence-corrected chi connectivity index (χ3v) is 5.45. The van der Waals surface area contributed by atoms with E-state index < -0.39 is 15.7 Å². The molecule has 24 heavy (non-hydrogen) atoms. The van der Waals surface area contributed by atoms with E-state index >= 15 is 0 Å². The van der Waals surface area contributed by atoms with Gasteiger partial charge in [-0.25, -0.2) is 12.8 Å². The lowest BCUT2D eigenvalue weighted by atomic mass is 9.93. The van der Waals surface area contributed by atoms with Crippen molar-refractivity contribution >= 4 is 9.84 Å². The summed E-state index contributed by atoms with van der Waals surface area (Å²) in [5, 5.41) is 0. The van der Waals surface area contributed by atoms with E-state index in [1.165, 1.54) is 6.07 Å². The molecule has 0 N–H and O–H groups in total. The van der Waals surface area contributed by atoms with Crippen LogP contribution >= 0.6 is 0 Å². The van der Waals surface area contributed by atoms with Gasteiger partial charge in [0.2, 0.25) is 0 Å². The second kappa shape index (κ2) is 5.91. The maximum atomic E-state index is 14.5. The Hall–Kier alpha value is -2.40. The fraction of sp³-hybridized carbons (Fsp3) is 0.158. The molecule has 0 aliphatic carbocycles. The molecular formula is C19H17FO3S. The number of hydrogen-bond acceptors (Lipinski definition) is 3. The zero-order valence-corrected chi connectivity index (χ0v) is 14.4. The first-order valence-electron chi connectivity index (χ1n) is 7.42. The summed E-state index contributed by atoms with van der Waals surface area (Å²) >= 11 is 0. The van der Waals surface area contributed by atoms with Crippen LogP contribution < -0.4 is 0 Å². The minimum atomic E-state index is -3.63. The summed E-state index contributed by atoms with van der Waals surface area (Å²) in [6.07, 6.45) is 4.19. The topological polar surface area (TPSA) is 47.3 Å². The predicted molar refractivity (Wildman–Crippen MR) is 92.1 cm³/mol. The molecule has 124 valence electrons. The van der Waals surface area contributed by atoms with Gasteiger partial charge in [0.25, 0.3) is 0 Å². The summed E-state index contributed by atoms with van der Waals surface area (Å²) in [6.45, 7) is 3.42. The van der Waals surface area contributed by atoms with Crippen molar-refractivity contribution in [2.24, 2.45) is 0 Å². The van der Waals surface area contributed by atoms with Gasteiger partial charge in [-0.05, 0) is 42.2 Å². The smallest absolute Gasteiger partial charge is 0.178 e. The predicted octanol–water partition coefficient (Wildman–Crippen LogP) is 4.77. The molecule has 1 heterocycles. The van der Waals surface area contributed by atoms with Gasteiger partial charge in [-0.1, -0.05) is 30.3 Å². The fourth-order valence-corrected chi connectivity index (χ4v) is 4.06. The van der Waals surface area contributed by atoms with Crippen LogP contribution in [0.25, 0.3) is 22.3 Å². The summed E-state index contributed by atoms with van der Waals surface area (Å²) in [5.74, 6) is -0.740. The Morgan fingerprint density at radius 2 is 1.54 bits per heavy atom. The van der Waals surface area contributed by atoms with Crippen molar-refractivity contribution in [3.63, 3.8) is 0 Å². The molecule has 3 rings (SSSR count). The van der Waals surface area contributed by atoms with E-state index in [9.17, 15) is 12.8 Å². The van der Waals surface area contributed by atoms with Crippen LogP contribution in [0.2, 0.25) is 0 Å². The molecule has 2 aromatic carbocycles. The maximum Gasteiger partial charge on any atom is 0.178 e. The number of sulfone groups is 1. The Balaban J connectivity index is 2.26. The van der Waals surface area contributed by atoms with Gasteiger partial charge in [0.05, 0.1) is 12.5 Å². The van der Waals surface area contributed by atoms with Crippen LogP contribution in [0, 0.1) is 19.7 Å². The number of hydrogen-bond donors (Lipinski definition) is 0. The van der Waals surface area contributed by atoms with E-state index in [1.807, 2.05) is 30.3 Å². The molecular weight excluding hydrogens is 327 g/mol. The Kier molecular flexibility index (Phi) is 4.05. The van der Waals surface area contributed by atoms with Gasteiger partial charge in [0, 0.05) is 17.4 Å². The van der Waals surface area contributed by atoms with Gasteiger partial charge in [-0.15, -0.1) is 0 Å². The summed E-state index contributed by atoms with van der Waals surface area (Å²) < 4.78 is 43.6. The first kappa shape index (κ1) is 16.5. The fourth-order valence-electron chi connectivity index (χ4n) is 2.93. The molecule has 0 amide bonds. The molecule has 0 fully saturated rings. The Morgan fingerprint density at radius 3 is 2.17 bits per heavy atom. The summed E-state index contributed by atoms with van der Waals surface area (Å²) in [7, 11) is -3.63. The number of rotatable bonds is 3. The second-order valence-corrected chi connectivity index (χ2v) is 7.77. The van der Waals surface area contributed by atoms with Crippen molar-refractivity contribution in [3.8, 4) is 22.3 Å². The van der Waals surface area contributed by atoms with Gasteiger partial charge in [0.1, 0.15) is 10.7 Å². The average molecular weight is 344 g/mol. The summed E-state index contributed by atoms with van der Waals surface area (Å²) in [4.78, 5) is -0.242. The van der Waals surface area contributed by atoms with Gasteiger partial charge < -0.3 is 4.42 Å². The third kappa shape index (κ3) is 2.76. The Labute approximate surface area is 140 Å². The van der Waals surface area contributed by atoms with Crippen molar-refractivity contribution < 1.29 is 17.2 Å². The molecule has 0 radical (unpaired) electrons. The lowest BCUT2D eigenvalue weighted by molar-refractivity contribution is 0.567. The second-order valence-electron chi connectivity index (χ2n) is 5.82. The van der Waals surface area contributed by atoms with Gasteiger partial charge in [-0.3, -0.25) is 0 Å². The molecule has 0 aliphatic heterocycles. The molecule has 0 unspecified atom stereocenters. The van der Waals surface area contributed by atoms with Crippen molar-refractivity contribution in [1.82, 2.24) is 0 Å². The van der Waals surface area contributed by atoms with Crippen LogP contribution in [-0.4, -0.2) is 14.7 Å². The Bertz CT molecular complexity index is 1000. The lowest BCUT2D eigenvalue weighted by Crippen LogP contribution is -2.06. The SMILES string of the molecule is Cc1c(-c2cocc2-c2ccccc2)cc(F)c(S(C)(=O)=O)c1C. The van der Waals surface area contributed by atoms with Crippen LogP contribution in [-0.2, 0) is 9.84 Å². The summed E-state index contributed by atoms with van der Waals surface area (Å²) in [6, 6.07) is 10.9. The number of benzene rings is 2. The van der Waals surface area contributed by atoms with Gasteiger partial charge in [0.15, 0.2) is 9.84 Å². The summed E-state index contributed by atoms with van der Waals surface area (Å²) in [5.41, 5.74) is 4.30. The molecule has 3 nitrogen and oxygen atoms in total. The van der Waals surface area contributed by atoms with Crippen LogP contribution in [0.1, 0.15) is 11.1 Å². The van der Waals surface area contributed by atoms with E-state index in [2.05, 4.69) is 0 Å². The van der Waals surface area contributed by atoms with E-state index in [4.69, 9.17) is 4.42 Å². The van der Waals surface area contributed by atoms with E-state index in [1.54, 1.807) is 26.4 Å². The quantitative estimate of drug-likeness (QED) is 0.687. The van der Waals surface area contributed by atoms with E-state index in [0.29, 0.717) is 11.1 Å². The molecule has 1 aromatic heterocycles. The van der Waals surface area contributed by atoms with Gasteiger partial charge in [-0.2, -0.15) is 0 Å². The van der Waals surface area contributed by atoms with Crippen LogP contribution in [0.15, 0.2) is 58.2 Å². The zero-order valence-electron chi connectivity index (χ0n) is 13.6. The maximum absolute atomic E-state index is 14.5. The zero-order chi connectivity index (χ0) is 17.5. The molecule has 0 aliphatic rings. The normalized spacial score (nSPS) is 11.7. The molecule has 3 aromatic rings. The van der Waals surface area contributed by atoms with Crippen LogP contribution in [0.3, 0.4) is 0 Å². The van der Waals surface area contributed by atoms with Crippen LogP contribution in [0.4, 0.5) is 4.39 Å². The molecule has 0 saturated carbocycles. The third-order valence-electron chi connectivity index (χ3n) is 4.20. The standard InChI is InChI=1S/C19H17FO3S/c1-12-13(2)19(24(3,21)22)18(20)9-15(12)17-11-23-10-16(17)14-7-5-4-6-8-14/h4-11H,1-3H3. The lowest BCUT2D eigenvalue weighted by Gasteiger charge is -2.14. The van der Waals surface area contributed by atoms with Crippen LogP contribution in [0.5, 0.6) is 0 Å². The minimum absolute atomic E-state index is 0.242. The van der Waals surface area contributed by atoms with Crippen molar-refractivity contribution in [2.45, 2.75) is 18.7 Å². The Morgan fingerprint density at radius 1 is 0.917 bits per heavy atom. The highest BCUT2D eigenvalue weighted by Crippen LogP contribution is 2.38. The number of furan rings is 1. The molecule has 5 heteroatoms. The number of halogens is 1. The highest BCUT2D eigenvalue weighted by molar-refractivity contribution is 7.90.